The van der Waals surface area contributed by atoms with E-state index in [-0.39, 0.29) is 40.6 Å². The maximum Gasteiger partial charge on any atom is 0.319 e. The summed E-state index contributed by atoms with van der Waals surface area (Å²) in [4.78, 5) is 13.8. The molecule has 4 saturated heterocycles. The maximum absolute atomic E-state index is 16.9. The number of nitrogens with one attached hydrogen (secondary N) is 1. The first-order chi connectivity index (χ1) is 21.8. The van der Waals surface area contributed by atoms with E-state index in [0.717, 1.165) is 45.2 Å². The first-order valence-electron chi connectivity index (χ1n) is 15.8. The second-order valence-corrected chi connectivity index (χ2v) is 13.0. The Morgan fingerprint density at radius 3 is 2.78 bits per heavy atom. The van der Waals surface area contributed by atoms with Crippen molar-refractivity contribution in [3.63, 3.8) is 0 Å². The van der Waals surface area contributed by atoms with Crippen molar-refractivity contribution in [3.8, 4) is 35.2 Å². The summed E-state index contributed by atoms with van der Waals surface area (Å²) in [7, 11) is 0. The highest BCUT2D eigenvalue weighted by atomic mass is 19.1. The third-order valence-corrected chi connectivity index (χ3v) is 10.3. The summed E-state index contributed by atoms with van der Waals surface area (Å²) in [6.45, 7) is 2.90. The van der Waals surface area contributed by atoms with Gasteiger partial charge in [-0.25, -0.2) is 13.2 Å². The highest BCUT2D eigenvalue weighted by Crippen LogP contribution is 2.42. The molecule has 1 aromatic heterocycles. The zero-order valence-electron chi connectivity index (χ0n) is 24.8. The number of halogens is 3. The SMILES string of the molecule is C#Cc1c(F)ccc2cc(O)cc(-c3ccc4c(N5CCC6CCC(C5)N6)nc(OC[C@@]56CCCN5C[C@H](F)C6)nc4c3F)c12. The van der Waals surface area contributed by atoms with Gasteiger partial charge in [0.15, 0.2) is 5.82 Å². The van der Waals surface area contributed by atoms with Gasteiger partial charge in [-0.1, -0.05) is 18.1 Å². The fraction of sp³-hybridized carbons (Fsp3) is 0.429. The van der Waals surface area contributed by atoms with Crippen LogP contribution in [0.1, 0.15) is 44.1 Å². The Morgan fingerprint density at radius 2 is 1.91 bits per heavy atom. The van der Waals surface area contributed by atoms with Gasteiger partial charge < -0.3 is 20.1 Å². The van der Waals surface area contributed by atoms with Gasteiger partial charge in [0.25, 0.3) is 0 Å². The van der Waals surface area contributed by atoms with E-state index in [1.165, 1.54) is 24.3 Å². The van der Waals surface area contributed by atoms with Gasteiger partial charge in [0.1, 0.15) is 35.7 Å². The maximum atomic E-state index is 16.9. The fourth-order valence-electron chi connectivity index (χ4n) is 8.20. The number of alkyl halides is 1. The van der Waals surface area contributed by atoms with E-state index in [4.69, 9.17) is 16.1 Å². The summed E-state index contributed by atoms with van der Waals surface area (Å²) in [6.07, 6.45) is 10.1. The molecule has 4 atom stereocenters. The van der Waals surface area contributed by atoms with Crippen molar-refractivity contribution in [2.24, 2.45) is 0 Å². The molecule has 7 nitrogen and oxygen atoms in total. The number of terminal acetylenes is 1. The third-order valence-electron chi connectivity index (χ3n) is 10.3. The van der Waals surface area contributed by atoms with Crippen LogP contribution in [-0.4, -0.2) is 76.6 Å². The molecule has 0 saturated carbocycles. The predicted octanol–water partition coefficient (Wildman–Crippen LogP) is 5.70. The molecule has 2 N–H and O–H groups in total. The van der Waals surface area contributed by atoms with Gasteiger partial charge in [0.05, 0.1) is 11.1 Å². The van der Waals surface area contributed by atoms with Gasteiger partial charge in [-0.15, -0.1) is 6.42 Å². The van der Waals surface area contributed by atoms with Crippen molar-refractivity contribution in [2.75, 3.05) is 37.7 Å². The normalized spacial score (nSPS) is 26.4. The molecule has 4 aliphatic rings. The van der Waals surface area contributed by atoms with Crippen LogP contribution < -0.4 is 15.0 Å². The number of benzene rings is 3. The molecule has 10 heteroatoms. The number of hydrogen-bond acceptors (Lipinski definition) is 7. The summed E-state index contributed by atoms with van der Waals surface area (Å²) in [5, 5.41) is 15.6. The van der Waals surface area contributed by atoms with Crippen molar-refractivity contribution in [3.05, 3.63) is 53.6 Å². The first-order valence-corrected chi connectivity index (χ1v) is 15.8. The molecule has 4 aromatic rings. The quantitative estimate of drug-likeness (QED) is 0.280. The van der Waals surface area contributed by atoms with Crippen LogP contribution in [-0.2, 0) is 0 Å². The number of phenols is 1. The zero-order chi connectivity index (χ0) is 30.9. The van der Waals surface area contributed by atoms with Crippen molar-refractivity contribution in [1.29, 1.82) is 0 Å². The smallest absolute Gasteiger partial charge is 0.319 e. The Kier molecular flexibility index (Phi) is 6.80. The lowest BCUT2D eigenvalue weighted by Gasteiger charge is -2.31. The summed E-state index contributed by atoms with van der Waals surface area (Å²) >= 11 is 0. The number of anilines is 1. The Bertz CT molecular complexity index is 1880. The molecule has 2 bridgehead atoms. The average molecular weight is 614 g/mol. The van der Waals surface area contributed by atoms with Crippen LogP contribution in [0.25, 0.3) is 32.8 Å². The highest BCUT2D eigenvalue weighted by Gasteiger charge is 2.49. The second kappa shape index (κ2) is 10.8. The Labute approximate surface area is 259 Å². The number of nitrogens with zero attached hydrogens (tertiary/aromatic N) is 4. The van der Waals surface area contributed by atoms with Crippen LogP contribution in [0.15, 0.2) is 36.4 Å². The Hall–Kier alpha value is -4.07. The number of ether oxygens (including phenoxy) is 1. The summed E-state index contributed by atoms with van der Waals surface area (Å²) in [6, 6.07) is 9.79. The molecule has 8 rings (SSSR count). The molecule has 45 heavy (non-hydrogen) atoms. The fourth-order valence-corrected chi connectivity index (χ4v) is 8.20. The van der Waals surface area contributed by atoms with Crippen molar-refractivity contribution >= 4 is 27.5 Å². The van der Waals surface area contributed by atoms with Crippen LogP contribution in [0, 0.1) is 24.0 Å². The Morgan fingerprint density at radius 1 is 1.04 bits per heavy atom. The molecule has 0 amide bonds. The largest absolute Gasteiger partial charge is 0.508 e. The number of rotatable bonds is 5. The second-order valence-electron chi connectivity index (χ2n) is 13.0. The molecule has 4 aliphatic heterocycles. The van der Waals surface area contributed by atoms with E-state index < -0.39 is 23.3 Å². The summed E-state index contributed by atoms with van der Waals surface area (Å²) in [5.74, 6) is 1.62. The number of aromatic hydroxyl groups is 1. The monoisotopic (exact) mass is 613 g/mol. The van der Waals surface area contributed by atoms with E-state index >= 15 is 4.39 Å². The summed E-state index contributed by atoms with van der Waals surface area (Å²) < 4.78 is 52.4. The van der Waals surface area contributed by atoms with Gasteiger partial charge in [0, 0.05) is 54.5 Å². The molecule has 2 unspecified atom stereocenters. The third kappa shape index (κ3) is 4.75. The molecule has 5 heterocycles. The van der Waals surface area contributed by atoms with Gasteiger partial charge >= 0.3 is 6.01 Å². The van der Waals surface area contributed by atoms with Crippen LogP contribution in [0.4, 0.5) is 19.0 Å². The predicted molar refractivity (Wildman–Crippen MR) is 167 cm³/mol. The molecule has 0 aliphatic carbocycles. The highest BCUT2D eigenvalue weighted by molar-refractivity contribution is 6.04. The van der Waals surface area contributed by atoms with E-state index in [0.29, 0.717) is 53.6 Å². The van der Waals surface area contributed by atoms with E-state index in [1.807, 2.05) is 0 Å². The number of hydrogen-bond donors (Lipinski definition) is 2. The molecule has 3 aromatic carbocycles. The van der Waals surface area contributed by atoms with Gasteiger partial charge in [-0.05, 0) is 73.9 Å². The minimum absolute atomic E-state index is 0.00961. The lowest BCUT2D eigenvalue weighted by Crippen LogP contribution is -2.43. The van der Waals surface area contributed by atoms with Crippen LogP contribution in [0.3, 0.4) is 0 Å². The van der Waals surface area contributed by atoms with Gasteiger partial charge in [-0.3, -0.25) is 4.90 Å². The van der Waals surface area contributed by atoms with E-state index in [9.17, 15) is 13.9 Å². The average Bonchev–Trinajstić information content (AvgIpc) is 3.66. The van der Waals surface area contributed by atoms with Crippen LogP contribution in [0.5, 0.6) is 11.8 Å². The van der Waals surface area contributed by atoms with Crippen LogP contribution in [0.2, 0.25) is 0 Å². The van der Waals surface area contributed by atoms with Gasteiger partial charge in [-0.2, -0.15) is 9.97 Å². The standard InChI is InChI=1S/C35H34F3N5O2/c1-2-25-29(37)9-4-20-14-24(44)15-28(30(20)25)26-7-8-27-32(31(26)38)40-34(45-19-35-11-3-12-43(35)17-21(36)16-35)41-33(27)42-13-10-22-5-6-23(18-42)39-22/h1,4,7-9,14-15,21-23,39,44H,3,5-6,10-13,16-19H2/t21-,22?,23?,35+/m1/s1. The minimum Gasteiger partial charge on any atom is -0.508 e. The molecule has 0 spiro atoms. The molecular formula is C35H34F3N5O2. The van der Waals surface area contributed by atoms with Crippen molar-refractivity contribution in [1.82, 2.24) is 20.2 Å². The summed E-state index contributed by atoms with van der Waals surface area (Å²) in [5.41, 5.74) is 0.0101. The lowest BCUT2D eigenvalue weighted by atomic mass is 9.93. The Balaban J connectivity index is 1.27. The molecule has 0 radical (unpaired) electrons. The van der Waals surface area contributed by atoms with E-state index in [2.05, 4.69) is 26.0 Å². The van der Waals surface area contributed by atoms with Crippen molar-refractivity contribution in [2.45, 2.75) is 62.3 Å². The molecule has 4 fully saturated rings. The van der Waals surface area contributed by atoms with Gasteiger partial charge in [0.2, 0.25) is 0 Å². The van der Waals surface area contributed by atoms with Crippen LogP contribution >= 0.6 is 0 Å². The number of phenolic OH excluding ortho intramolecular Hbond substituents is 1. The molecular weight excluding hydrogens is 579 g/mol. The number of fused-ring (bicyclic) bond motifs is 5. The van der Waals surface area contributed by atoms with Crippen molar-refractivity contribution < 1.29 is 23.0 Å². The first kappa shape index (κ1) is 28.4. The topological polar surface area (TPSA) is 73.8 Å². The minimum atomic E-state index is -0.906. The zero-order valence-corrected chi connectivity index (χ0v) is 24.8. The lowest BCUT2D eigenvalue weighted by molar-refractivity contribution is 0.107. The van der Waals surface area contributed by atoms with E-state index in [1.54, 1.807) is 12.1 Å². The number of aromatic nitrogens is 2. The molecule has 232 valence electrons.